The van der Waals surface area contributed by atoms with Crippen LogP contribution in [0.5, 0.6) is 5.75 Å². The number of ether oxygens (including phenoxy) is 1. The van der Waals surface area contributed by atoms with Crippen LogP contribution >= 0.6 is 0 Å². The Morgan fingerprint density at radius 3 is 3.00 bits per heavy atom. The van der Waals surface area contributed by atoms with Gasteiger partial charge in [0.1, 0.15) is 23.5 Å². The van der Waals surface area contributed by atoms with E-state index in [9.17, 15) is 4.79 Å². The fourth-order valence-electron chi connectivity index (χ4n) is 2.52. The number of aromatic amines is 1. The number of fused-ring (bicyclic) bond motifs is 1. The van der Waals surface area contributed by atoms with Gasteiger partial charge >= 0.3 is 0 Å². The molecule has 4 rings (SSSR count). The summed E-state index contributed by atoms with van der Waals surface area (Å²) < 4.78 is 5.47. The summed E-state index contributed by atoms with van der Waals surface area (Å²) in [6, 6.07) is 5.94. The van der Waals surface area contributed by atoms with Crippen molar-refractivity contribution in [3.05, 3.63) is 53.7 Å². The number of benzene rings is 1. The summed E-state index contributed by atoms with van der Waals surface area (Å²) in [6.07, 6.45) is 5.21. The second-order valence-electron chi connectivity index (χ2n) is 5.34. The van der Waals surface area contributed by atoms with Crippen LogP contribution in [0.3, 0.4) is 0 Å². The Morgan fingerprint density at radius 2 is 2.21 bits per heavy atom. The lowest BCUT2D eigenvalue weighted by molar-refractivity contribution is 0.0945. The van der Waals surface area contributed by atoms with Gasteiger partial charge < -0.3 is 10.1 Å². The van der Waals surface area contributed by atoms with Gasteiger partial charge in [-0.05, 0) is 17.2 Å². The first kappa shape index (κ1) is 14.3. The number of hydrogen-bond donors (Lipinski definition) is 2. The molecule has 1 aliphatic heterocycles. The Balaban J connectivity index is 1.41. The van der Waals surface area contributed by atoms with Gasteiger partial charge in [-0.3, -0.25) is 9.89 Å². The van der Waals surface area contributed by atoms with Gasteiger partial charge in [0.2, 0.25) is 0 Å². The van der Waals surface area contributed by atoms with Crippen LogP contribution in [0, 0.1) is 0 Å². The molecule has 24 heavy (non-hydrogen) atoms. The first-order chi connectivity index (χ1) is 11.8. The summed E-state index contributed by atoms with van der Waals surface area (Å²) in [5.41, 5.74) is 2.99. The van der Waals surface area contributed by atoms with Crippen LogP contribution in [0.4, 0.5) is 0 Å². The zero-order valence-corrected chi connectivity index (χ0v) is 12.7. The normalized spacial score (nSPS) is 12.5. The van der Waals surface area contributed by atoms with Gasteiger partial charge in [-0.1, -0.05) is 12.1 Å². The average Bonchev–Trinajstić information content (AvgIpc) is 3.31. The molecule has 1 aliphatic rings. The number of carbonyl (C=O) groups is 1. The van der Waals surface area contributed by atoms with Gasteiger partial charge in [-0.15, -0.1) is 0 Å². The second kappa shape index (κ2) is 6.07. The predicted octanol–water partition coefficient (Wildman–Crippen LogP) is 1.13. The number of rotatable bonds is 4. The van der Waals surface area contributed by atoms with Gasteiger partial charge in [0.15, 0.2) is 5.82 Å². The van der Waals surface area contributed by atoms with E-state index >= 15 is 0 Å². The Kier molecular flexibility index (Phi) is 3.62. The van der Waals surface area contributed by atoms with Crippen molar-refractivity contribution in [3.63, 3.8) is 0 Å². The highest BCUT2D eigenvalue weighted by atomic mass is 16.5. The van der Waals surface area contributed by atoms with Gasteiger partial charge in [0.25, 0.3) is 5.91 Å². The van der Waals surface area contributed by atoms with Crippen molar-refractivity contribution >= 4 is 5.91 Å². The maximum absolute atomic E-state index is 12.2. The Bertz CT molecular complexity index is 861. The van der Waals surface area contributed by atoms with E-state index in [0.717, 1.165) is 24.3 Å². The molecule has 3 aromatic rings. The van der Waals surface area contributed by atoms with E-state index in [1.54, 1.807) is 0 Å². The molecule has 1 aromatic carbocycles. The van der Waals surface area contributed by atoms with Crippen molar-refractivity contribution in [2.75, 3.05) is 6.61 Å². The van der Waals surface area contributed by atoms with Crippen molar-refractivity contribution in [2.24, 2.45) is 0 Å². The van der Waals surface area contributed by atoms with E-state index in [1.165, 1.54) is 24.3 Å². The number of H-pyrrole nitrogens is 1. The van der Waals surface area contributed by atoms with Crippen LogP contribution < -0.4 is 10.1 Å². The molecule has 0 unspecified atom stereocenters. The quantitative estimate of drug-likeness (QED) is 0.746. The SMILES string of the molecule is O=C(NCc1ccc2c(c1)CCO2)c1cnc(-c2ncn[nH]2)cn1. The Morgan fingerprint density at radius 1 is 1.25 bits per heavy atom. The maximum Gasteiger partial charge on any atom is 0.271 e. The van der Waals surface area contributed by atoms with E-state index in [-0.39, 0.29) is 11.6 Å². The third kappa shape index (κ3) is 2.81. The zero-order valence-electron chi connectivity index (χ0n) is 12.7. The fourth-order valence-corrected chi connectivity index (χ4v) is 2.52. The zero-order chi connectivity index (χ0) is 16.4. The molecule has 3 heterocycles. The second-order valence-corrected chi connectivity index (χ2v) is 5.34. The molecule has 0 fully saturated rings. The van der Waals surface area contributed by atoms with Crippen molar-refractivity contribution in [1.82, 2.24) is 30.5 Å². The summed E-state index contributed by atoms with van der Waals surface area (Å²) >= 11 is 0. The monoisotopic (exact) mass is 322 g/mol. The van der Waals surface area contributed by atoms with E-state index in [0.29, 0.717) is 18.1 Å². The van der Waals surface area contributed by atoms with E-state index in [4.69, 9.17) is 4.74 Å². The van der Waals surface area contributed by atoms with Crippen molar-refractivity contribution in [3.8, 4) is 17.3 Å². The number of aromatic nitrogens is 5. The smallest absolute Gasteiger partial charge is 0.271 e. The minimum Gasteiger partial charge on any atom is -0.493 e. The fraction of sp³-hybridized carbons (Fsp3) is 0.188. The molecule has 0 bridgehead atoms. The van der Waals surface area contributed by atoms with Crippen LogP contribution in [-0.4, -0.2) is 37.7 Å². The molecule has 8 nitrogen and oxygen atoms in total. The molecule has 0 aliphatic carbocycles. The molecular weight excluding hydrogens is 308 g/mol. The first-order valence-electron chi connectivity index (χ1n) is 7.50. The molecule has 0 radical (unpaired) electrons. The summed E-state index contributed by atoms with van der Waals surface area (Å²) in [4.78, 5) is 24.5. The predicted molar refractivity (Wildman–Crippen MR) is 84.2 cm³/mol. The largest absolute Gasteiger partial charge is 0.493 e. The van der Waals surface area contributed by atoms with Crippen LogP contribution in [0.1, 0.15) is 21.6 Å². The minimum atomic E-state index is -0.275. The van der Waals surface area contributed by atoms with Crippen LogP contribution in [0.25, 0.3) is 11.5 Å². The highest BCUT2D eigenvalue weighted by Crippen LogP contribution is 2.25. The Labute approximate surface area is 137 Å². The number of nitrogens with zero attached hydrogens (tertiary/aromatic N) is 4. The summed E-state index contributed by atoms with van der Waals surface area (Å²) in [6.45, 7) is 1.15. The van der Waals surface area contributed by atoms with Gasteiger partial charge in [-0.25, -0.2) is 15.0 Å². The van der Waals surface area contributed by atoms with Crippen molar-refractivity contribution < 1.29 is 9.53 Å². The minimum absolute atomic E-state index is 0.253. The molecule has 0 spiro atoms. The topological polar surface area (TPSA) is 106 Å². The van der Waals surface area contributed by atoms with Crippen LogP contribution in [-0.2, 0) is 13.0 Å². The number of amides is 1. The number of carbonyl (C=O) groups excluding carboxylic acids is 1. The summed E-state index contributed by atoms with van der Waals surface area (Å²) in [5, 5.41) is 9.29. The number of nitrogens with one attached hydrogen (secondary N) is 2. The summed E-state index contributed by atoms with van der Waals surface area (Å²) in [5.74, 6) is 1.16. The lowest BCUT2D eigenvalue weighted by Gasteiger charge is -2.06. The molecule has 2 N–H and O–H groups in total. The standard InChI is InChI=1S/C16H14N6O2/c23-16(13-8-17-12(7-18-13)15-20-9-21-22-15)19-6-10-1-2-14-11(5-10)3-4-24-14/h1-2,5,7-9H,3-4,6H2,(H,19,23)(H,20,21,22). The van der Waals surface area contributed by atoms with E-state index in [2.05, 4.69) is 36.5 Å². The van der Waals surface area contributed by atoms with Crippen LogP contribution in [0.2, 0.25) is 0 Å². The molecular formula is C16H14N6O2. The van der Waals surface area contributed by atoms with Crippen molar-refractivity contribution in [1.29, 1.82) is 0 Å². The highest BCUT2D eigenvalue weighted by molar-refractivity contribution is 5.92. The maximum atomic E-state index is 12.2. The average molecular weight is 322 g/mol. The first-order valence-corrected chi connectivity index (χ1v) is 7.50. The number of hydrogen-bond acceptors (Lipinski definition) is 6. The van der Waals surface area contributed by atoms with Gasteiger partial charge in [0.05, 0.1) is 19.0 Å². The molecule has 8 heteroatoms. The van der Waals surface area contributed by atoms with E-state index < -0.39 is 0 Å². The molecule has 0 atom stereocenters. The van der Waals surface area contributed by atoms with E-state index in [1.807, 2.05) is 12.1 Å². The molecule has 2 aromatic heterocycles. The highest BCUT2D eigenvalue weighted by Gasteiger charge is 2.13. The van der Waals surface area contributed by atoms with Gasteiger partial charge in [0, 0.05) is 13.0 Å². The lowest BCUT2D eigenvalue weighted by atomic mass is 10.1. The van der Waals surface area contributed by atoms with Crippen molar-refractivity contribution in [2.45, 2.75) is 13.0 Å². The Hall–Kier alpha value is -3.29. The summed E-state index contributed by atoms with van der Waals surface area (Å²) in [7, 11) is 0. The molecule has 120 valence electrons. The van der Waals surface area contributed by atoms with Gasteiger partial charge in [-0.2, -0.15) is 5.10 Å². The molecule has 1 amide bonds. The third-order valence-electron chi connectivity index (χ3n) is 3.75. The van der Waals surface area contributed by atoms with Crippen LogP contribution in [0.15, 0.2) is 36.9 Å². The lowest BCUT2D eigenvalue weighted by Crippen LogP contribution is -2.24. The third-order valence-corrected chi connectivity index (χ3v) is 3.75. The molecule has 0 saturated carbocycles. The molecule has 0 saturated heterocycles.